The quantitative estimate of drug-likeness (QED) is 0.573. The van der Waals surface area contributed by atoms with Gasteiger partial charge in [-0.1, -0.05) is 44.2 Å². The summed E-state index contributed by atoms with van der Waals surface area (Å²) in [6.45, 7) is 3.33. The molecule has 1 heterocycles. The zero-order valence-electron chi connectivity index (χ0n) is 16.8. The van der Waals surface area contributed by atoms with Crippen LogP contribution in [0.25, 0.3) is 11.5 Å². The predicted octanol–water partition coefficient (Wildman–Crippen LogP) is 3.20. The Kier molecular flexibility index (Phi) is 6.79. The molecule has 1 N–H and O–H groups in total. The van der Waals surface area contributed by atoms with Crippen LogP contribution < -0.4 is 11.1 Å². The monoisotopic (exact) mass is 409 g/mol. The van der Waals surface area contributed by atoms with Crippen LogP contribution >= 0.6 is 0 Å². The average molecular weight is 409 g/mol. The zero-order valence-corrected chi connectivity index (χ0v) is 16.8. The van der Waals surface area contributed by atoms with Gasteiger partial charge in [0.1, 0.15) is 6.54 Å². The number of benzene rings is 2. The van der Waals surface area contributed by atoms with Gasteiger partial charge in [-0.05, 0) is 42.2 Å². The van der Waals surface area contributed by atoms with Gasteiger partial charge in [0.25, 0.3) is 5.91 Å². The molecule has 0 aliphatic heterocycles. The fourth-order valence-electron chi connectivity index (χ4n) is 2.75. The van der Waals surface area contributed by atoms with Crippen molar-refractivity contribution in [3.05, 3.63) is 70.7 Å². The smallest absolute Gasteiger partial charge is 0.437 e. The summed E-state index contributed by atoms with van der Waals surface area (Å²) in [5.74, 6) is -1.48. The van der Waals surface area contributed by atoms with Crippen LogP contribution in [0.2, 0.25) is 0 Å². The number of nitrogens with one attached hydrogen (secondary N) is 1. The number of rotatable bonds is 8. The Morgan fingerprint density at radius 1 is 1.13 bits per heavy atom. The van der Waals surface area contributed by atoms with Crippen LogP contribution in [0.3, 0.4) is 0 Å². The van der Waals surface area contributed by atoms with E-state index in [1.807, 2.05) is 18.2 Å². The maximum atomic E-state index is 12.0. The summed E-state index contributed by atoms with van der Waals surface area (Å²) >= 11 is 0. The SMILES string of the molecule is CC[C@@H](C)c1ccc(NC(=O)COC(=O)Cn2nc(-c3ccccc3)oc2=O)cc1. The normalized spacial score (nSPS) is 11.7. The summed E-state index contributed by atoms with van der Waals surface area (Å²) in [6.07, 6.45) is 1.03. The second-order valence-corrected chi connectivity index (χ2v) is 6.84. The zero-order chi connectivity index (χ0) is 21.5. The minimum absolute atomic E-state index is 0.104. The molecule has 0 saturated carbocycles. The first-order valence-electron chi connectivity index (χ1n) is 9.65. The fourth-order valence-corrected chi connectivity index (χ4v) is 2.75. The third-order valence-electron chi connectivity index (χ3n) is 4.65. The van der Waals surface area contributed by atoms with E-state index in [4.69, 9.17) is 9.15 Å². The lowest BCUT2D eigenvalue weighted by Gasteiger charge is -2.10. The molecule has 0 aliphatic carbocycles. The van der Waals surface area contributed by atoms with E-state index in [1.165, 1.54) is 5.56 Å². The van der Waals surface area contributed by atoms with E-state index in [-0.39, 0.29) is 5.89 Å². The molecular weight excluding hydrogens is 386 g/mol. The Morgan fingerprint density at radius 3 is 2.50 bits per heavy atom. The van der Waals surface area contributed by atoms with Crippen molar-refractivity contribution in [3.63, 3.8) is 0 Å². The van der Waals surface area contributed by atoms with Crippen molar-refractivity contribution < 1.29 is 18.7 Å². The molecule has 0 radical (unpaired) electrons. The lowest BCUT2D eigenvalue weighted by atomic mass is 9.99. The summed E-state index contributed by atoms with van der Waals surface area (Å²) in [5, 5.41) is 6.64. The number of hydrogen-bond donors (Lipinski definition) is 1. The number of carbonyl (C=O) groups is 2. The molecule has 1 aromatic heterocycles. The molecule has 8 heteroatoms. The topological polar surface area (TPSA) is 103 Å². The van der Waals surface area contributed by atoms with E-state index in [0.717, 1.165) is 11.1 Å². The van der Waals surface area contributed by atoms with Crippen LogP contribution in [0, 0.1) is 0 Å². The van der Waals surface area contributed by atoms with Gasteiger partial charge < -0.3 is 14.5 Å². The third kappa shape index (κ3) is 5.44. The third-order valence-corrected chi connectivity index (χ3v) is 4.65. The molecule has 2 aromatic carbocycles. The van der Waals surface area contributed by atoms with Crippen molar-refractivity contribution in [2.24, 2.45) is 0 Å². The van der Waals surface area contributed by atoms with Crippen molar-refractivity contribution >= 4 is 17.6 Å². The molecular formula is C22H23N3O5. The van der Waals surface area contributed by atoms with Crippen molar-refractivity contribution in [1.29, 1.82) is 0 Å². The van der Waals surface area contributed by atoms with Gasteiger partial charge in [0.15, 0.2) is 6.61 Å². The molecule has 0 unspecified atom stereocenters. The first-order chi connectivity index (χ1) is 14.5. The maximum Gasteiger partial charge on any atom is 0.437 e. The Labute approximate surface area is 173 Å². The number of esters is 1. The molecule has 1 amide bonds. The van der Waals surface area contributed by atoms with Gasteiger partial charge in [-0.25, -0.2) is 4.79 Å². The second kappa shape index (κ2) is 9.69. The predicted molar refractivity (Wildman–Crippen MR) is 111 cm³/mol. The van der Waals surface area contributed by atoms with E-state index >= 15 is 0 Å². The summed E-state index contributed by atoms with van der Waals surface area (Å²) < 4.78 is 10.8. The Bertz CT molecular complexity index is 1050. The minimum atomic E-state index is -0.781. The highest BCUT2D eigenvalue weighted by Gasteiger charge is 2.15. The number of anilines is 1. The number of amides is 1. The van der Waals surface area contributed by atoms with Gasteiger partial charge in [-0.2, -0.15) is 4.68 Å². The largest absolute Gasteiger partial charge is 0.454 e. The van der Waals surface area contributed by atoms with Gasteiger partial charge in [0.05, 0.1) is 0 Å². The number of ether oxygens (including phenoxy) is 1. The van der Waals surface area contributed by atoms with Crippen LogP contribution in [0.4, 0.5) is 5.69 Å². The Hall–Kier alpha value is -3.68. The molecule has 156 valence electrons. The molecule has 0 saturated heterocycles. The standard InChI is InChI=1S/C22H23N3O5/c1-3-15(2)16-9-11-18(12-10-16)23-19(26)14-29-20(27)13-25-22(28)30-21(24-25)17-7-5-4-6-8-17/h4-12,15H,3,13-14H2,1-2H3,(H,23,26)/t15-/m1/s1. The van der Waals surface area contributed by atoms with Gasteiger partial charge in [-0.3, -0.25) is 9.59 Å². The Balaban J connectivity index is 1.50. The molecule has 3 rings (SSSR count). The van der Waals surface area contributed by atoms with Gasteiger partial charge >= 0.3 is 11.7 Å². The molecule has 0 bridgehead atoms. The second-order valence-electron chi connectivity index (χ2n) is 6.84. The van der Waals surface area contributed by atoms with Crippen molar-refractivity contribution in [3.8, 4) is 11.5 Å². The summed E-state index contributed by atoms with van der Waals surface area (Å²) in [6, 6.07) is 16.4. The molecule has 1 atom stereocenters. The van der Waals surface area contributed by atoms with Crippen LogP contribution in [0.1, 0.15) is 31.7 Å². The first kappa shape index (κ1) is 21.0. The van der Waals surface area contributed by atoms with Crippen molar-refractivity contribution in [2.75, 3.05) is 11.9 Å². The van der Waals surface area contributed by atoms with Crippen LogP contribution in [0.15, 0.2) is 63.8 Å². The summed E-state index contributed by atoms with van der Waals surface area (Å²) in [4.78, 5) is 35.9. The van der Waals surface area contributed by atoms with E-state index in [1.54, 1.807) is 36.4 Å². The summed E-state index contributed by atoms with van der Waals surface area (Å²) in [5.41, 5.74) is 2.42. The van der Waals surface area contributed by atoms with E-state index in [0.29, 0.717) is 17.2 Å². The Morgan fingerprint density at radius 2 is 1.83 bits per heavy atom. The van der Waals surface area contributed by atoms with Crippen LogP contribution in [-0.2, 0) is 20.9 Å². The van der Waals surface area contributed by atoms with E-state index in [2.05, 4.69) is 24.3 Å². The van der Waals surface area contributed by atoms with Crippen molar-refractivity contribution in [2.45, 2.75) is 32.7 Å². The molecule has 8 nitrogen and oxygen atoms in total. The fraction of sp³-hybridized carbons (Fsp3) is 0.273. The lowest BCUT2D eigenvalue weighted by Crippen LogP contribution is -2.26. The molecule has 0 aliphatic rings. The van der Waals surface area contributed by atoms with Crippen molar-refractivity contribution in [1.82, 2.24) is 9.78 Å². The highest BCUT2D eigenvalue weighted by Crippen LogP contribution is 2.20. The number of aromatic nitrogens is 2. The van der Waals surface area contributed by atoms with Gasteiger partial charge in [-0.15, -0.1) is 5.10 Å². The van der Waals surface area contributed by atoms with E-state index in [9.17, 15) is 14.4 Å². The molecule has 0 spiro atoms. The van der Waals surface area contributed by atoms with Gasteiger partial charge in [0.2, 0.25) is 5.89 Å². The maximum absolute atomic E-state index is 12.0. The highest BCUT2D eigenvalue weighted by atomic mass is 16.5. The number of nitrogens with zero attached hydrogens (tertiary/aromatic N) is 2. The molecule has 3 aromatic rings. The number of hydrogen-bond acceptors (Lipinski definition) is 6. The lowest BCUT2D eigenvalue weighted by molar-refractivity contribution is -0.148. The number of carbonyl (C=O) groups excluding carboxylic acids is 2. The molecule has 30 heavy (non-hydrogen) atoms. The van der Waals surface area contributed by atoms with Gasteiger partial charge in [0, 0.05) is 11.3 Å². The highest BCUT2D eigenvalue weighted by molar-refractivity contribution is 5.92. The summed E-state index contributed by atoms with van der Waals surface area (Å²) in [7, 11) is 0. The van der Waals surface area contributed by atoms with E-state index < -0.39 is 30.8 Å². The average Bonchev–Trinajstić information content (AvgIpc) is 3.13. The van der Waals surface area contributed by atoms with Crippen LogP contribution in [0.5, 0.6) is 0 Å². The molecule has 0 fully saturated rings. The minimum Gasteiger partial charge on any atom is -0.454 e. The van der Waals surface area contributed by atoms with Crippen LogP contribution in [-0.4, -0.2) is 28.3 Å². The first-order valence-corrected chi connectivity index (χ1v) is 9.65.